The maximum Gasteiger partial charge on any atom is 0.345 e. The van der Waals surface area contributed by atoms with Crippen LogP contribution in [0.1, 0.15) is 10.4 Å². The van der Waals surface area contributed by atoms with Gasteiger partial charge < -0.3 is 14.1 Å². The molecule has 1 aromatic carbocycles. The van der Waals surface area contributed by atoms with Crippen LogP contribution >= 0.6 is 0 Å². The Morgan fingerprint density at radius 3 is 2.67 bits per heavy atom. The number of carbonyl (C=O) groups is 1. The molecule has 0 fully saturated rings. The molecular weight excluding hydrogens is 350 g/mol. The highest BCUT2D eigenvalue weighted by Crippen LogP contribution is 2.23. The summed E-state index contributed by atoms with van der Waals surface area (Å²) < 4.78 is 10.8. The molecule has 4 rings (SSSR count). The van der Waals surface area contributed by atoms with E-state index < -0.39 is 17.0 Å². The van der Waals surface area contributed by atoms with Gasteiger partial charge in [-0.25, -0.2) is 9.78 Å². The summed E-state index contributed by atoms with van der Waals surface area (Å²) in [4.78, 5) is 46.0. The smallest absolute Gasteiger partial charge is 0.345 e. The quantitative estimate of drug-likeness (QED) is 0.439. The number of ether oxygens (including phenoxy) is 1. The maximum absolute atomic E-state index is 12.2. The van der Waals surface area contributed by atoms with Crippen molar-refractivity contribution < 1.29 is 13.9 Å². The zero-order valence-corrected chi connectivity index (χ0v) is 13.7. The van der Waals surface area contributed by atoms with Crippen LogP contribution in [-0.4, -0.2) is 20.9 Å². The fraction of sp³-hybridized carbons (Fsp3) is 0. The van der Waals surface area contributed by atoms with Crippen molar-refractivity contribution in [2.45, 2.75) is 0 Å². The Bertz CT molecular complexity index is 1240. The number of esters is 1. The summed E-state index contributed by atoms with van der Waals surface area (Å²) in [5, 5.41) is -0.136. The third-order valence-corrected chi connectivity index (χ3v) is 3.78. The summed E-state index contributed by atoms with van der Waals surface area (Å²) in [5.74, 6) is 0.0394. The van der Waals surface area contributed by atoms with Gasteiger partial charge in [0, 0.05) is 24.0 Å². The summed E-state index contributed by atoms with van der Waals surface area (Å²) in [5.41, 5.74) is -0.199. The Balaban J connectivity index is 1.63. The molecule has 0 spiro atoms. The van der Waals surface area contributed by atoms with Crippen molar-refractivity contribution in [2.24, 2.45) is 0 Å². The van der Waals surface area contributed by atoms with E-state index in [2.05, 4.69) is 15.0 Å². The normalized spacial score (nSPS) is 10.7. The van der Waals surface area contributed by atoms with Crippen molar-refractivity contribution in [1.29, 1.82) is 0 Å². The van der Waals surface area contributed by atoms with Gasteiger partial charge in [0.05, 0.1) is 11.9 Å². The average molecular weight is 361 g/mol. The van der Waals surface area contributed by atoms with E-state index in [1.807, 2.05) is 0 Å². The fourth-order valence-electron chi connectivity index (χ4n) is 2.48. The number of fused-ring (bicyclic) bond motifs is 1. The lowest BCUT2D eigenvalue weighted by atomic mass is 10.1. The average Bonchev–Trinajstić information content (AvgIpc) is 2.69. The van der Waals surface area contributed by atoms with E-state index in [0.717, 1.165) is 0 Å². The Hall–Kier alpha value is -4.07. The number of aromatic nitrogens is 3. The molecule has 3 aromatic heterocycles. The maximum atomic E-state index is 12.2. The van der Waals surface area contributed by atoms with Crippen molar-refractivity contribution in [3.05, 3.63) is 87.3 Å². The highest BCUT2D eigenvalue weighted by atomic mass is 16.5. The number of aromatic amines is 1. The van der Waals surface area contributed by atoms with Crippen molar-refractivity contribution in [2.75, 3.05) is 0 Å². The highest BCUT2D eigenvalue weighted by Gasteiger charge is 2.12. The SMILES string of the molecule is O=C(Oc1ccc(-c2cc(=O)c3c(=O)[nH]cnc3o2)cc1)c1cccnc1. The van der Waals surface area contributed by atoms with Crippen molar-refractivity contribution in [3.8, 4) is 17.1 Å². The second-order valence-corrected chi connectivity index (χ2v) is 5.54. The Morgan fingerprint density at radius 1 is 1.11 bits per heavy atom. The topological polar surface area (TPSA) is 115 Å². The first-order valence-electron chi connectivity index (χ1n) is 7.86. The molecule has 27 heavy (non-hydrogen) atoms. The van der Waals surface area contributed by atoms with Crippen molar-refractivity contribution in [3.63, 3.8) is 0 Å². The Kier molecular flexibility index (Phi) is 4.06. The fourth-order valence-corrected chi connectivity index (χ4v) is 2.48. The second-order valence-electron chi connectivity index (χ2n) is 5.54. The van der Waals surface area contributed by atoms with Gasteiger partial charge in [-0.1, -0.05) is 0 Å². The molecule has 1 N–H and O–H groups in total. The molecule has 0 aliphatic heterocycles. The zero-order valence-electron chi connectivity index (χ0n) is 13.7. The third kappa shape index (κ3) is 3.23. The molecule has 0 aliphatic rings. The Morgan fingerprint density at radius 2 is 1.93 bits per heavy atom. The van der Waals surface area contributed by atoms with Gasteiger partial charge in [0.1, 0.15) is 16.9 Å². The molecule has 8 heteroatoms. The molecule has 0 unspecified atom stereocenters. The van der Waals surface area contributed by atoms with E-state index in [-0.39, 0.29) is 16.9 Å². The van der Waals surface area contributed by atoms with Gasteiger partial charge in [0.25, 0.3) is 5.56 Å². The van der Waals surface area contributed by atoms with E-state index in [9.17, 15) is 14.4 Å². The molecular formula is C19H11N3O5. The zero-order chi connectivity index (χ0) is 18.8. The van der Waals surface area contributed by atoms with Gasteiger partial charge in [-0.05, 0) is 36.4 Å². The molecule has 0 bridgehead atoms. The molecule has 0 saturated carbocycles. The number of benzene rings is 1. The van der Waals surface area contributed by atoms with Crippen molar-refractivity contribution >= 4 is 17.1 Å². The lowest BCUT2D eigenvalue weighted by molar-refractivity contribution is 0.0734. The predicted octanol–water partition coefficient (Wildman–Crippen LogP) is 2.16. The summed E-state index contributed by atoms with van der Waals surface area (Å²) in [6.45, 7) is 0. The minimum Gasteiger partial charge on any atom is -0.437 e. The van der Waals surface area contributed by atoms with Crippen LogP contribution in [-0.2, 0) is 0 Å². The molecule has 0 aliphatic carbocycles. The van der Waals surface area contributed by atoms with Crippen LogP contribution < -0.4 is 15.7 Å². The van der Waals surface area contributed by atoms with Crippen LogP contribution in [0, 0.1) is 0 Å². The van der Waals surface area contributed by atoms with E-state index in [1.54, 1.807) is 42.6 Å². The van der Waals surface area contributed by atoms with Crippen LogP contribution in [0.5, 0.6) is 5.75 Å². The van der Waals surface area contributed by atoms with E-state index in [4.69, 9.17) is 9.15 Å². The van der Waals surface area contributed by atoms with Crippen LogP contribution in [0.3, 0.4) is 0 Å². The Labute approximate surface area is 151 Å². The van der Waals surface area contributed by atoms with E-state index >= 15 is 0 Å². The van der Waals surface area contributed by atoms with E-state index in [0.29, 0.717) is 16.9 Å². The van der Waals surface area contributed by atoms with Gasteiger partial charge in [-0.3, -0.25) is 14.6 Å². The number of pyridine rings is 1. The van der Waals surface area contributed by atoms with Gasteiger partial charge in [0.2, 0.25) is 11.1 Å². The first-order chi connectivity index (χ1) is 13.1. The first kappa shape index (κ1) is 16.4. The molecule has 0 amide bonds. The van der Waals surface area contributed by atoms with Gasteiger partial charge in [-0.2, -0.15) is 0 Å². The molecule has 0 saturated heterocycles. The van der Waals surface area contributed by atoms with Gasteiger partial charge in [-0.15, -0.1) is 0 Å². The molecule has 3 heterocycles. The van der Waals surface area contributed by atoms with Crippen LogP contribution in [0.2, 0.25) is 0 Å². The second kappa shape index (κ2) is 6.68. The first-order valence-corrected chi connectivity index (χ1v) is 7.86. The number of nitrogens with one attached hydrogen (secondary N) is 1. The third-order valence-electron chi connectivity index (χ3n) is 3.78. The monoisotopic (exact) mass is 361 g/mol. The number of rotatable bonds is 3. The van der Waals surface area contributed by atoms with Gasteiger partial charge in [0.15, 0.2) is 0 Å². The number of nitrogens with zero attached hydrogens (tertiary/aromatic N) is 2. The molecule has 4 aromatic rings. The lowest BCUT2D eigenvalue weighted by Crippen LogP contribution is -2.15. The predicted molar refractivity (Wildman–Crippen MR) is 95.5 cm³/mol. The standard InChI is InChI=1S/C19H11N3O5/c23-14-8-15(27-18-16(14)17(24)21-10-22-18)11-3-5-13(6-4-11)26-19(25)12-2-1-7-20-9-12/h1-10H,(H,21,22,24). The summed E-state index contributed by atoms with van der Waals surface area (Å²) in [6.07, 6.45) is 4.14. The minimum atomic E-state index is -0.557. The molecule has 0 atom stereocenters. The largest absolute Gasteiger partial charge is 0.437 e. The highest BCUT2D eigenvalue weighted by molar-refractivity contribution is 5.90. The lowest BCUT2D eigenvalue weighted by Gasteiger charge is -2.06. The summed E-state index contributed by atoms with van der Waals surface area (Å²) in [6, 6.07) is 10.9. The number of hydrogen-bond donors (Lipinski definition) is 1. The minimum absolute atomic E-state index is 0.0478. The van der Waals surface area contributed by atoms with E-state index in [1.165, 1.54) is 18.6 Å². The summed E-state index contributed by atoms with van der Waals surface area (Å²) >= 11 is 0. The summed E-state index contributed by atoms with van der Waals surface area (Å²) in [7, 11) is 0. The number of hydrogen-bond acceptors (Lipinski definition) is 7. The number of carbonyl (C=O) groups excluding carboxylic acids is 1. The van der Waals surface area contributed by atoms with Crippen LogP contribution in [0.4, 0.5) is 0 Å². The molecule has 8 nitrogen and oxygen atoms in total. The van der Waals surface area contributed by atoms with Gasteiger partial charge >= 0.3 is 5.97 Å². The molecule has 132 valence electrons. The van der Waals surface area contributed by atoms with Crippen molar-refractivity contribution in [1.82, 2.24) is 15.0 Å². The molecule has 0 radical (unpaired) electrons. The van der Waals surface area contributed by atoms with Crippen LogP contribution in [0.15, 0.2) is 75.2 Å². The number of H-pyrrole nitrogens is 1. The van der Waals surface area contributed by atoms with Crippen LogP contribution in [0.25, 0.3) is 22.4 Å².